The van der Waals surface area contributed by atoms with Crippen molar-refractivity contribution < 1.29 is 14.3 Å². The van der Waals surface area contributed by atoms with E-state index in [1.165, 1.54) is 4.80 Å². The molecule has 0 bridgehead atoms. The first-order valence-electron chi connectivity index (χ1n) is 8.10. The van der Waals surface area contributed by atoms with Crippen LogP contribution in [0.25, 0.3) is 22.3 Å². The fourth-order valence-corrected chi connectivity index (χ4v) is 2.74. The largest absolute Gasteiger partial charge is 0.376 e. The van der Waals surface area contributed by atoms with Crippen LogP contribution in [-0.2, 0) is 20.8 Å². The van der Waals surface area contributed by atoms with Gasteiger partial charge in [-0.3, -0.25) is 4.79 Å². The number of rotatable bonds is 5. The van der Waals surface area contributed by atoms with E-state index in [2.05, 4.69) is 25.7 Å². The van der Waals surface area contributed by atoms with E-state index in [0.717, 1.165) is 16.5 Å². The van der Waals surface area contributed by atoms with Crippen LogP contribution in [0.3, 0.4) is 0 Å². The van der Waals surface area contributed by atoms with Crippen molar-refractivity contribution in [2.24, 2.45) is 0 Å². The number of fused-ring (bicyclic) bond motifs is 1. The number of tetrazole rings is 1. The molecule has 3 aromatic rings. The van der Waals surface area contributed by atoms with Crippen molar-refractivity contribution in [3.05, 3.63) is 30.5 Å². The van der Waals surface area contributed by atoms with Crippen LogP contribution in [0.4, 0.5) is 0 Å². The van der Waals surface area contributed by atoms with E-state index in [0.29, 0.717) is 32.2 Å². The Morgan fingerprint density at radius 2 is 2.28 bits per heavy atom. The number of benzene rings is 1. The maximum Gasteiger partial charge on any atom is 0.243 e. The van der Waals surface area contributed by atoms with Gasteiger partial charge >= 0.3 is 0 Å². The number of para-hydroxylation sites is 1. The second-order valence-corrected chi connectivity index (χ2v) is 5.76. The quantitative estimate of drug-likeness (QED) is 0.693. The second kappa shape index (κ2) is 6.99. The molecule has 3 heterocycles. The van der Waals surface area contributed by atoms with E-state index < -0.39 is 0 Å². The molecule has 2 aromatic heterocycles. The van der Waals surface area contributed by atoms with Gasteiger partial charge in [-0.2, -0.15) is 4.80 Å². The first-order valence-corrected chi connectivity index (χ1v) is 8.10. The summed E-state index contributed by atoms with van der Waals surface area (Å²) in [6, 6.07) is 7.88. The maximum absolute atomic E-state index is 12.0. The Bertz CT molecular complexity index is 868. The van der Waals surface area contributed by atoms with Crippen LogP contribution >= 0.6 is 0 Å². The second-order valence-electron chi connectivity index (χ2n) is 5.76. The van der Waals surface area contributed by atoms with Gasteiger partial charge in [-0.1, -0.05) is 18.2 Å². The van der Waals surface area contributed by atoms with Crippen molar-refractivity contribution in [1.29, 1.82) is 0 Å². The lowest BCUT2D eigenvalue weighted by atomic mass is 10.2. The number of H-pyrrole nitrogens is 1. The van der Waals surface area contributed by atoms with Crippen LogP contribution in [0.1, 0.15) is 0 Å². The van der Waals surface area contributed by atoms with Crippen LogP contribution in [-0.4, -0.2) is 63.6 Å². The van der Waals surface area contributed by atoms with E-state index in [1.807, 2.05) is 30.5 Å². The molecule has 9 nitrogen and oxygen atoms in total. The molecule has 0 radical (unpaired) electrons. The Hall–Kier alpha value is -2.78. The van der Waals surface area contributed by atoms with Crippen molar-refractivity contribution in [2.45, 2.75) is 12.6 Å². The summed E-state index contributed by atoms with van der Waals surface area (Å²) >= 11 is 0. The standard InChI is InChI=1S/C16H18N6O3/c23-15(18-7-11-10-24-5-6-25-11)9-22-20-16(19-21-22)13-8-17-14-4-2-1-3-12(13)14/h1-4,8,11,17H,5-7,9-10H2,(H,18,23). The number of aromatic amines is 1. The van der Waals surface area contributed by atoms with Crippen LogP contribution in [0.15, 0.2) is 30.5 Å². The molecule has 1 fully saturated rings. The molecule has 1 aliphatic rings. The lowest BCUT2D eigenvalue weighted by Gasteiger charge is -2.22. The average molecular weight is 342 g/mol. The Labute approximate surface area is 143 Å². The van der Waals surface area contributed by atoms with Crippen molar-refractivity contribution >= 4 is 16.8 Å². The van der Waals surface area contributed by atoms with E-state index in [-0.39, 0.29) is 18.6 Å². The Kier molecular flexibility index (Phi) is 4.40. The number of ether oxygens (including phenoxy) is 2. The average Bonchev–Trinajstić information content (AvgIpc) is 3.27. The number of nitrogens with one attached hydrogen (secondary N) is 2. The number of carbonyl (C=O) groups excluding carboxylic acids is 1. The molecule has 1 atom stereocenters. The molecule has 130 valence electrons. The molecule has 0 aliphatic carbocycles. The zero-order valence-electron chi connectivity index (χ0n) is 13.5. The lowest BCUT2D eigenvalue weighted by molar-refractivity contribution is -0.124. The highest BCUT2D eigenvalue weighted by molar-refractivity contribution is 5.93. The smallest absolute Gasteiger partial charge is 0.243 e. The minimum Gasteiger partial charge on any atom is -0.376 e. The number of hydrogen-bond acceptors (Lipinski definition) is 6. The van der Waals surface area contributed by atoms with Crippen LogP contribution < -0.4 is 5.32 Å². The number of nitrogens with zero attached hydrogens (tertiary/aromatic N) is 4. The highest BCUT2D eigenvalue weighted by Gasteiger charge is 2.16. The molecule has 1 amide bonds. The Morgan fingerprint density at radius 1 is 1.36 bits per heavy atom. The predicted molar refractivity (Wildman–Crippen MR) is 88.7 cm³/mol. The molecular weight excluding hydrogens is 324 g/mol. The van der Waals surface area contributed by atoms with Gasteiger partial charge in [0.05, 0.1) is 25.9 Å². The summed E-state index contributed by atoms with van der Waals surface area (Å²) in [6.07, 6.45) is 1.73. The summed E-state index contributed by atoms with van der Waals surface area (Å²) in [7, 11) is 0. The zero-order valence-corrected chi connectivity index (χ0v) is 13.5. The van der Waals surface area contributed by atoms with Crippen molar-refractivity contribution in [3.8, 4) is 11.4 Å². The van der Waals surface area contributed by atoms with Gasteiger partial charge < -0.3 is 19.8 Å². The van der Waals surface area contributed by atoms with Crippen molar-refractivity contribution in [3.63, 3.8) is 0 Å². The third-order valence-electron chi connectivity index (χ3n) is 3.98. The molecule has 1 saturated heterocycles. The Morgan fingerprint density at radius 3 is 3.16 bits per heavy atom. The van der Waals surface area contributed by atoms with E-state index in [1.54, 1.807) is 0 Å². The van der Waals surface area contributed by atoms with E-state index >= 15 is 0 Å². The minimum atomic E-state index is -0.197. The summed E-state index contributed by atoms with van der Waals surface area (Å²) in [5, 5.41) is 16.1. The summed E-state index contributed by atoms with van der Waals surface area (Å²) in [5.74, 6) is 0.284. The molecule has 1 aliphatic heterocycles. The molecule has 2 N–H and O–H groups in total. The van der Waals surface area contributed by atoms with Gasteiger partial charge in [0.25, 0.3) is 0 Å². The molecule has 1 aromatic carbocycles. The first-order chi connectivity index (χ1) is 12.3. The molecule has 25 heavy (non-hydrogen) atoms. The van der Waals surface area contributed by atoms with Gasteiger partial charge in [-0.25, -0.2) is 0 Å². The topological polar surface area (TPSA) is 107 Å². The molecule has 1 unspecified atom stereocenters. The summed E-state index contributed by atoms with van der Waals surface area (Å²) < 4.78 is 10.8. The number of amides is 1. The highest BCUT2D eigenvalue weighted by atomic mass is 16.6. The lowest BCUT2D eigenvalue weighted by Crippen LogP contribution is -2.40. The molecule has 4 rings (SSSR count). The fourth-order valence-electron chi connectivity index (χ4n) is 2.74. The first kappa shape index (κ1) is 15.7. The number of carbonyl (C=O) groups is 1. The fraction of sp³-hybridized carbons (Fsp3) is 0.375. The van der Waals surface area contributed by atoms with Gasteiger partial charge in [-0.05, 0) is 11.3 Å². The third-order valence-corrected chi connectivity index (χ3v) is 3.98. The van der Waals surface area contributed by atoms with Crippen LogP contribution in [0.2, 0.25) is 0 Å². The van der Waals surface area contributed by atoms with Crippen molar-refractivity contribution in [1.82, 2.24) is 30.5 Å². The van der Waals surface area contributed by atoms with E-state index in [9.17, 15) is 4.79 Å². The number of aromatic nitrogens is 5. The van der Waals surface area contributed by atoms with Crippen molar-refractivity contribution in [2.75, 3.05) is 26.4 Å². The SMILES string of the molecule is O=C(Cn1nnc(-c2c[nH]c3ccccc23)n1)NCC1COCCO1. The maximum atomic E-state index is 12.0. The molecule has 0 spiro atoms. The summed E-state index contributed by atoms with van der Waals surface area (Å²) in [4.78, 5) is 16.5. The third kappa shape index (κ3) is 3.52. The van der Waals surface area contributed by atoms with Crippen LogP contribution in [0.5, 0.6) is 0 Å². The van der Waals surface area contributed by atoms with Gasteiger partial charge in [0.15, 0.2) is 0 Å². The molecular formula is C16H18N6O3. The number of hydrogen-bond donors (Lipinski definition) is 2. The molecule has 9 heteroatoms. The van der Waals surface area contributed by atoms with Gasteiger partial charge in [0.2, 0.25) is 11.7 Å². The summed E-state index contributed by atoms with van der Waals surface area (Å²) in [6.45, 7) is 2.06. The zero-order chi connectivity index (χ0) is 17.1. The predicted octanol–water partition coefficient (Wildman–Crippen LogP) is 0.353. The summed E-state index contributed by atoms with van der Waals surface area (Å²) in [5.41, 5.74) is 1.86. The van der Waals surface area contributed by atoms with Gasteiger partial charge in [-0.15, -0.1) is 10.2 Å². The Balaban J connectivity index is 1.38. The van der Waals surface area contributed by atoms with Crippen LogP contribution in [0, 0.1) is 0 Å². The molecule has 0 saturated carbocycles. The minimum absolute atomic E-state index is 0.00291. The van der Waals surface area contributed by atoms with Gasteiger partial charge in [0.1, 0.15) is 6.54 Å². The normalized spacial score (nSPS) is 17.7. The van der Waals surface area contributed by atoms with Gasteiger partial charge in [0, 0.05) is 29.2 Å². The van der Waals surface area contributed by atoms with E-state index in [4.69, 9.17) is 9.47 Å². The monoisotopic (exact) mass is 342 g/mol. The highest BCUT2D eigenvalue weighted by Crippen LogP contribution is 2.24.